The lowest BCUT2D eigenvalue weighted by Gasteiger charge is -2.22. The van der Waals surface area contributed by atoms with Gasteiger partial charge in [-0.2, -0.15) is 0 Å². The molecule has 0 aliphatic carbocycles. The zero-order chi connectivity index (χ0) is 15.2. The van der Waals surface area contributed by atoms with Gasteiger partial charge in [0.2, 0.25) is 0 Å². The van der Waals surface area contributed by atoms with Gasteiger partial charge >= 0.3 is 0 Å². The van der Waals surface area contributed by atoms with E-state index in [1.165, 1.54) is 0 Å². The first-order valence-electron chi connectivity index (χ1n) is 7.41. The van der Waals surface area contributed by atoms with E-state index in [4.69, 9.17) is 0 Å². The molecule has 1 fully saturated rings. The molecule has 0 spiro atoms. The van der Waals surface area contributed by atoms with Crippen molar-refractivity contribution in [1.29, 1.82) is 0 Å². The van der Waals surface area contributed by atoms with Crippen molar-refractivity contribution in [3.8, 4) is 0 Å². The SMILES string of the molecule is CCNCC(CCCS(=O)(=O)CC)C1CCS(=O)(=O)C1. The fourth-order valence-corrected chi connectivity index (χ4v) is 5.55. The van der Waals surface area contributed by atoms with Crippen LogP contribution in [0.2, 0.25) is 0 Å². The summed E-state index contributed by atoms with van der Waals surface area (Å²) in [6.45, 7) is 5.31. The summed E-state index contributed by atoms with van der Waals surface area (Å²) in [6.07, 6.45) is 2.13. The Kier molecular flexibility index (Phi) is 6.94. The second kappa shape index (κ2) is 7.75. The lowest BCUT2D eigenvalue weighted by Crippen LogP contribution is -2.29. The van der Waals surface area contributed by atoms with Crippen LogP contribution in [0.25, 0.3) is 0 Å². The van der Waals surface area contributed by atoms with Gasteiger partial charge in [0.25, 0.3) is 0 Å². The second-order valence-electron chi connectivity index (χ2n) is 5.61. The molecular weight excluding hydrogens is 298 g/mol. The Hall–Kier alpha value is -0.140. The average Bonchev–Trinajstić information content (AvgIpc) is 2.74. The summed E-state index contributed by atoms with van der Waals surface area (Å²) < 4.78 is 46.2. The highest BCUT2D eigenvalue weighted by atomic mass is 32.2. The van der Waals surface area contributed by atoms with Crippen molar-refractivity contribution >= 4 is 19.7 Å². The van der Waals surface area contributed by atoms with Gasteiger partial charge < -0.3 is 5.32 Å². The minimum Gasteiger partial charge on any atom is -0.317 e. The fourth-order valence-electron chi connectivity index (χ4n) is 2.74. The van der Waals surface area contributed by atoms with E-state index in [2.05, 4.69) is 5.32 Å². The van der Waals surface area contributed by atoms with Crippen LogP contribution in [-0.4, -0.2) is 52.9 Å². The van der Waals surface area contributed by atoms with Crippen LogP contribution in [0.15, 0.2) is 0 Å². The van der Waals surface area contributed by atoms with Gasteiger partial charge in [0.05, 0.1) is 17.3 Å². The van der Waals surface area contributed by atoms with Crippen molar-refractivity contribution in [3.05, 3.63) is 0 Å². The Balaban J connectivity index is 2.52. The summed E-state index contributed by atoms with van der Waals surface area (Å²) in [4.78, 5) is 0. The summed E-state index contributed by atoms with van der Waals surface area (Å²) in [5.41, 5.74) is 0. The Morgan fingerprint density at radius 1 is 1.30 bits per heavy atom. The van der Waals surface area contributed by atoms with E-state index < -0.39 is 19.7 Å². The van der Waals surface area contributed by atoms with Crippen LogP contribution in [0.1, 0.15) is 33.1 Å². The van der Waals surface area contributed by atoms with Gasteiger partial charge in [-0.1, -0.05) is 13.8 Å². The molecule has 1 aliphatic rings. The van der Waals surface area contributed by atoms with Crippen LogP contribution >= 0.6 is 0 Å². The van der Waals surface area contributed by atoms with E-state index in [0.29, 0.717) is 6.42 Å². The van der Waals surface area contributed by atoms with Gasteiger partial charge in [-0.15, -0.1) is 0 Å². The molecule has 2 atom stereocenters. The Morgan fingerprint density at radius 3 is 2.50 bits per heavy atom. The van der Waals surface area contributed by atoms with Gasteiger partial charge in [0.1, 0.15) is 9.84 Å². The van der Waals surface area contributed by atoms with Gasteiger partial charge in [-0.05, 0) is 44.2 Å². The summed E-state index contributed by atoms with van der Waals surface area (Å²) in [5, 5.41) is 3.27. The zero-order valence-electron chi connectivity index (χ0n) is 12.5. The molecule has 120 valence electrons. The molecule has 1 aliphatic heterocycles. The predicted molar refractivity (Wildman–Crippen MR) is 82.4 cm³/mol. The molecule has 0 saturated carbocycles. The maximum atomic E-state index is 11.6. The van der Waals surface area contributed by atoms with Crippen LogP contribution in [-0.2, 0) is 19.7 Å². The molecule has 7 heteroatoms. The van der Waals surface area contributed by atoms with Crippen molar-refractivity contribution in [2.75, 3.05) is 36.1 Å². The normalized spacial score (nSPS) is 23.8. The average molecular weight is 325 g/mol. The predicted octanol–water partition coefficient (Wildman–Crippen LogP) is 0.862. The van der Waals surface area contributed by atoms with E-state index in [0.717, 1.165) is 25.9 Å². The first-order valence-corrected chi connectivity index (χ1v) is 11.1. The maximum Gasteiger partial charge on any atom is 0.150 e. The van der Waals surface area contributed by atoms with Crippen molar-refractivity contribution in [3.63, 3.8) is 0 Å². The van der Waals surface area contributed by atoms with Crippen molar-refractivity contribution in [1.82, 2.24) is 5.32 Å². The first-order chi connectivity index (χ1) is 9.29. The third-order valence-corrected chi connectivity index (χ3v) is 7.64. The molecular formula is C13H27NO4S2. The van der Waals surface area contributed by atoms with Gasteiger partial charge in [-0.25, -0.2) is 16.8 Å². The van der Waals surface area contributed by atoms with E-state index >= 15 is 0 Å². The molecule has 20 heavy (non-hydrogen) atoms. The highest BCUT2D eigenvalue weighted by Crippen LogP contribution is 2.28. The number of hydrogen-bond donors (Lipinski definition) is 1. The van der Waals surface area contributed by atoms with E-state index in [9.17, 15) is 16.8 Å². The minimum atomic E-state index is -2.92. The summed E-state index contributed by atoms with van der Waals surface area (Å²) in [5.74, 6) is 1.40. The molecule has 2 unspecified atom stereocenters. The van der Waals surface area contributed by atoms with Crippen LogP contribution in [0.3, 0.4) is 0 Å². The molecule has 0 aromatic heterocycles. The van der Waals surface area contributed by atoms with E-state index in [1.54, 1.807) is 6.92 Å². The molecule has 1 rings (SSSR count). The summed E-state index contributed by atoms with van der Waals surface area (Å²) in [7, 11) is -5.79. The molecule has 1 N–H and O–H groups in total. The molecule has 5 nitrogen and oxygen atoms in total. The lowest BCUT2D eigenvalue weighted by atomic mass is 9.88. The van der Waals surface area contributed by atoms with Crippen LogP contribution in [0, 0.1) is 11.8 Å². The number of nitrogens with one attached hydrogen (secondary N) is 1. The molecule has 0 amide bonds. The maximum absolute atomic E-state index is 11.6. The second-order valence-corrected chi connectivity index (χ2v) is 10.3. The molecule has 0 bridgehead atoms. The van der Waals surface area contributed by atoms with Gasteiger partial charge in [0, 0.05) is 5.75 Å². The highest BCUT2D eigenvalue weighted by molar-refractivity contribution is 7.91. The molecule has 1 saturated heterocycles. The highest BCUT2D eigenvalue weighted by Gasteiger charge is 2.33. The Morgan fingerprint density at radius 2 is 2.00 bits per heavy atom. The topological polar surface area (TPSA) is 80.3 Å². The van der Waals surface area contributed by atoms with E-state index in [1.807, 2.05) is 6.92 Å². The van der Waals surface area contributed by atoms with Crippen molar-refractivity contribution in [2.24, 2.45) is 11.8 Å². The first kappa shape index (κ1) is 17.9. The Bertz CT molecular complexity index is 485. The molecule has 0 aromatic rings. The van der Waals surface area contributed by atoms with E-state index in [-0.39, 0.29) is 34.8 Å². The summed E-state index contributed by atoms with van der Waals surface area (Å²) in [6, 6.07) is 0. The summed E-state index contributed by atoms with van der Waals surface area (Å²) >= 11 is 0. The standard InChI is InChI=1S/C13H27NO4S2/c1-3-14-10-12(6-5-8-19(15,16)4-2)13-7-9-20(17,18)11-13/h12-14H,3-11H2,1-2H3. The zero-order valence-corrected chi connectivity index (χ0v) is 14.1. The van der Waals surface area contributed by atoms with Crippen molar-refractivity contribution in [2.45, 2.75) is 33.1 Å². The lowest BCUT2D eigenvalue weighted by molar-refractivity contribution is 0.325. The molecule has 0 radical (unpaired) electrons. The quantitative estimate of drug-likeness (QED) is 0.680. The van der Waals surface area contributed by atoms with Crippen molar-refractivity contribution < 1.29 is 16.8 Å². The number of hydrogen-bond acceptors (Lipinski definition) is 5. The van der Waals surface area contributed by atoms with Gasteiger partial charge in [-0.3, -0.25) is 0 Å². The smallest absolute Gasteiger partial charge is 0.150 e. The van der Waals surface area contributed by atoms with Crippen LogP contribution < -0.4 is 5.32 Å². The minimum absolute atomic E-state index is 0.183. The Labute approximate surface area is 123 Å². The molecule has 0 aromatic carbocycles. The number of rotatable bonds is 9. The number of sulfone groups is 2. The van der Waals surface area contributed by atoms with Gasteiger partial charge in [0.15, 0.2) is 9.84 Å². The third kappa shape index (κ3) is 6.10. The third-order valence-electron chi connectivity index (χ3n) is 4.06. The molecule has 1 heterocycles. The fraction of sp³-hybridized carbons (Fsp3) is 1.00. The largest absolute Gasteiger partial charge is 0.317 e. The van der Waals surface area contributed by atoms with Crippen LogP contribution in [0.5, 0.6) is 0 Å². The monoisotopic (exact) mass is 325 g/mol. The van der Waals surface area contributed by atoms with Crippen LogP contribution in [0.4, 0.5) is 0 Å².